The molecule has 0 aliphatic heterocycles. The fraction of sp³-hybridized carbons (Fsp3) is 0.312. The summed E-state index contributed by atoms with van der Waals surface area (Å²) >= 11 is 1.44. The number of rotatable bonds is 5. The molecular formula is C16H16F2N2O3S. The molecule has 0 aliphatic carbocycles. The van der Waals surface area contributed by atoms with E-state index < -0.39 is 29.1 Å². The van der Waals surface area contributed by atoms with E-state index in [1.807, 2.05) is 13.8 Å². The van der Waals surface area contributed by atoms with Gasteiger partial charge >= 0.3 is 5.97 Å². The minimum atomic E-state index is -1.06. The molecule has 0 atom stereocenters. The molecule has 0 saturated carbocycles. The van der Waals surface area contributed by atoms with Crippen LogP contribution in [-0.4, -0.2) is 24.0 Å². The Morgan fingerprint density at radius 2 is 2.00 bits per heavy atom. The number of nitrogens with zero attached hydrogens (tertiary/aromatic N) is 1. The first kappa shape index (κ1) is 18.0. The number of hydrogen-bond donors (Lipinski definition) is 1. The third-order valence-electron chi connectivity index (χ3n) is 3.14. The SMILES string of the molecule is COC(=O)c1cc(NC(=O)Cc2csc(C(C)C)n2)c(F)cc1F. The molecule has 1 heterocycles. The van der Waals surface area contributed by atoms with Crippen LogP contribution >= 0.6 is 11.3 Å². The molecule has 5 nitrogen and oxygen atoms in total. The number of nitrogens with one attached hydrogen (secondary N) is 1. The van der Waals surface area contributed by atoms with Crippen LogP contribution in [0.2, 0.25) is 0 Å². The zero-order valence-electron chi connectivity index (χ0n) is 13.4. The second-order valence-corrected chi connectivity index (χ2v) is 6.25. The molecule has 24 heavy (non-hydrogen) atoms. The summed E-state index contributed by atoms with van der Waals surface area (Å²) in [5, 5.41) is 4.98. The number of amides is 1. The fourth-order valence-electron chi connectivity index (χ4n) is 1.94. The Balaban J connectivity index is 2.14. The van der Waals surface area contributed by atoms with Gasteiger partial charge in [-0.05, 0) is 6.07 Å². The lowest BCUT2D eigenvalue weighted by Gasteiger charge is -2.08. The number of methoxy groups -OCH3 is 1. The van der Waals surface area contributed by atoms with Crippen LogP contribution in [0.1, 0.15) is 40.8 Å². The molecule has 1 N–H and O–H groups in total. The van der Waals surface area contributed by atoms with Crippen molar-refractivity contribution in [3.8, 4) is 0 Å². The third-order valence-corrected chi connectivity index (χ3v) is 4.34. The quantitative estimate of drug-likeness (QED) is 0.835. The summed E-state index contributed by atoms with van der Waals surface area (Å²) in [5.41, 5.74) is -0.178. The first-order valence-electron chi connectivity index (χ1n) is 7.13. The number of thiazole rings is 1. The third kappa shape index (κ3) is 4.14. The summed E-state index contributed by atoms with van der Waals surface area (Å²) in [5.74, 6) is -3.25. The van der Waals surface area contributed by atoms with E-state index in [0.29, 0.717) is 11.8 Å². The number of esters is 1. The number of carbonyl (C=O) groups excluding carboxylic acids is 2. The summed E-state index contributed by atoms with van der Waals surface area (Å²) in [7, 11) is 1.08. The van der Waals surface area contributed by atoms with Crippen molar-refractivity contribution >= 4 is 28.9 Å². The minimum absolute atomic E-state index is 0.0480. The number of halogens is 2. The van der Waals surface area contributed by atoms with E-state index in [4.69, 9.17) is 0 Å². The molecule has 0 unspecified atom stereocenters. The summed E-state index contributed by atoms with van der Waals surface area (Å²) in [6, 6.07) is 1.44. The summed E-state index contributed by atoms with van der Waals surface area (Å²) in [4.78, 5) is 27.8. The zero-order valence-corrected chi connectivity index (χ0v) is 14.2. The lowest BCUT2D eigenvalue weighted by Crippen LogP contribution is -2.17. The zero-order chi connectivity index (χ0) is 17.9. The van der Waals surface area contributed by atoms with Crippen LogP contribution in [-0.2, 0) is 16.0 Å². The molecule has 0 saturated heterocycles. The lowest BCUT2D eigenvalue weighted by molar-refractivity contribution is -0.115. The lowest BCUT2D eigenvalue weighted by atomic mass is 10.1. The van der Waals surface area contributed by atoms with Gasteiger partial charge in [-0.2, -0.15) is 0 Å². The smallest absolute Gasteiger partial charge is 0.340 e. The second-order valence-electron chi connectivity index (χ2n) is 5.36. The van der Waals surface area contributed by atoms with Crippen LogP contribution in [0.4, 0.5) is 14.5 Å². The van der Waals surface area contributed by atoms with Crippen molar-refractivity contribution in [3.05, 3.63) is 45.4 Å². The number of anilines is 1. The molecule has 2 aromatic rings. The van der Waals surface area contributed by atoms with Crippen molar-refractivity contribution < 1.29 is 23.1 Å². The van der Waals surface area contributed by atoms with Gasteiger partial charge < -0.3 is 10.1 Å². The summed E-state index contributed by atoms with van der Waals surface area (Å²) in [6.07, 6.45) is -0.0480. The van der Waals surface area contributed by atoms with Gasteiger partial charge in [-0.15, -0.1) is 11.3 Å². The first-order chi connectivity index (χ1) is 11.3. The Morgan fingerprint density at radius 1 is 1.29 bits per heavy atom. The van der Waals surface area contributed by atoms with Crippen LogP contribution in [0.5, 0.6) is 0 Å². The highest BCUT2D eigenvalue weighted by Crippen LogP contribution is 2.22. The maximum absolute atomic E-state index is 13.8. The molecule has 8 heteroatoms. The molecule has 1 aromatic carbocycles. The van der Waals surface area contributed by atoms with Crippen LogP contribution in [0.3, 0.4) is 0 Å². The van der Waals surface area contributed by atoms with Gasteiger partial charge in [0.15, 0.2) is 0 Å². The van der Waals surface area contributed by atoms with Crippen molar-refractivity contribution in [1.29, 1.82) is 0 Å². The van der Waals surface area contributed by atoms with E-state index in [9.17, 15) is 18.4 Å². The molecule has 0 aliphatic rings. The van der Waals surface area contributed by atoms with Crippen LogP contribution in [0, 0.1) is 11.6 Å². The van der Waals surface area contributed by atoms with Crippen molar-refractivity contribution in [2.45, 2.75) is 26.2 Å². The topological polar surface area (TPSA) is 68.3 Å². The van der Waals surface area contributed by atoms with Gasteiger partial charge in [0.1, 0.15) is 11.6 Å². The minimum Gasteiger partial charge on any atom is -0.465 e. The molecule has 0 fully saturated rings. The largest absolute Gasteiger partial charge is 0.465 e. The monoisotopic (exact) mass is 354 g/mol. The van der Waals surface area contributed by atoms with Crippen molar-refractivity contribution in [1.82, 2.24) is 4.98 Å². The van der Waals surface area contributed by atoms with Crippen molar-refractivity contribution in [2.75, 3.05) is 12.4 Å². The predicted molar refractivity (Wildman–Crippen MR) is 86.2 cm³/mol. The van der Waals surface area contributed by atoms with E-state index in [2.05, 4.69) is 15.0 Å². The molecule has 128 valence electrons. The normalized spacial score (nSPS) is 10.8. The predicted octanol–water partition coefficient (Wildman–Crippen LogP) is 3.51. The molecule has 0 spiro atoms. The maximum atomic E-state index is 13.8. The van der Waals surface area contributed by atoms with Crippen molar-refractivity contribution in [2.24, 2.45) is 0 Å². The Morgan fingerprint density at radius 3 is 2.58 bits per heavy atom. The standard InChI is InChI=1S/C16H16F2N2O3S/c1-8(2)15-19-9(7-24-15)4-14(21)20-13-5-10(16(22)23-3)11(17)6-12(13)18/h5-8H,4H2,1-3H3,(H,20,21). The average Bonchev–Trinajstić information content (AvgIpc) is 2.98. The van der Waals surface area contributed by atoms with Gasteiger partial charge in [-0.3, -0.25) is 4.79 Å². The highest BCUT2D eigenvalue weighted by molar-refractivity contribution is 7.09. The van der Waals surface area contributed by atoms with E-state index in [1.165, 1.54) is 11.3 Å². The number of benzene rings is 1. The Labute approximate surface area is 141 Å². The molecule has 0 bridgehead atoms. The van der Waals surface area contributed by atoms with Gasteiger partial charge in [0, 0.05) is 17.4 Å². The molecule has 2 rings (SSSR count). The maximum Gasteiger partial charge on any atom is 0.340 e. The van der Waals surface area contributed by atoms with E-state index in [-0.39, 0.29) is 18.0 Å². The molecule has 0 radical (unpaired) electrons. The second kappa shape index (κ2) is 7.48. The first-order valence-corrected chi connectivity index (χ1v) is 8.01. The highest BCUT2D eigenvalue weighted by Gasteiger charge is 2.18. The number of carbonyl (C=O) groups is 2. The Hall–Kier alpha value is -2.35. The van der Waals surface area contributed by atoms with E-state index in [0.717, 1.165) is 18.2 Å². The van der Waals surface area contributed by atoms with Crippen LogP contribution in [0.25, 0.3) is 0 Å². The van der Waals surface area contributed by atoms with Gasteiger partial charge in [0.05, 0.1) is 35.5 Å². The Bertz CT molecular complexity index is 775. The fourth-order valence-corrected chi connectivity index (χ4v) is 2.77. The summed E-state index contributed by atoms with van der Waals surface area (Å²) in [6.45, 7) is 3.98. The van der Waals surface area contributed by atoms with Gasteiger partial charge in [0.2, 0.25) is 5.91 Å². The number of aromatic nitrogens is 1. The van der Waals surface area contributed by atoms with E-state index in [1.54, 1.807) is 5.38 Å². The van der Waals surface area contributed by atoms with Gasteiger partial charge in [0.25, 0.3) is 0 Å². The molecular weight excluding hydrogens is 338 g/mol. The average molecular weight is 354 g/mol. The van der Waals surface area contributed by atoms with Crippen molar-refractivity contribution in [3.63, 3.8) is 0 Å². The van der Waals surface area contributed by atoms with Gasteiger partial charge in [-0.25, -0.2) is 18.6 Å². The molecule has 1 aromatic heterocycles. The Kier molecular flexibility index (Phi) is 5.61. The molecule has 1 amide bonds. The van der Waals surface area contributed by atoms with E-state index >= 15 is 0 Å². The highest BCUT2D eigenvalue weighted by atomic mass is 32.1. The van der Waals surface area contributed by atoms with Crippen LogP contribution < -0.4 is 5.32 Å². The number of hydrogen-bond acceptors (Lipinski definition) is 5. The van der Waals surface area contributed by atoms with Gasteiger partial charge in [-0.1, -0.05) is 13.8 Å². The summed E-state index contributed by atoms with van der Waals surface area (Å²) < 4.78 is 31.8. The number of ether oxygens (including phenoxy) is 1. The van der Waals surface area contributed by atoms with Crippen LogP contribution in [0.15, 0.2) is 17.5 Å².